The van der Waals surface area contributed by atoms with Gasteiger partial charge in [0.05, 0.1) is 16.6 Å². The zero-order valence-electron chi connectivity index (χ0n) is 17.1. The maximum absolute atomic E-state index is 12.5. The van der Waals surface area contributed by atoms with Crippen molar-refractivity contribution in [2.24, 2.45) is 0 Å². The fourth-order valence-electron chi connectivity index (χ4n) is 3.23. The smallest absolute Gasteiger partial charge is 0.228 e. The molecule has 152 valence electrons. The maximum atomic E-state index is 12.5. The van der Waals surface area contributed by atoms with E-state index in [1.807, 2.05) is 61.5 Å². The maximum Gasteiger partial charge on any atom is 0.228 e. The molecule has 1 aromatic heterocycles. The summed E-state index contributed by atoms with van der Waals surface area (Å²) in [6.45, 7) is 4.11. The summed E-state index contributed by atoms with van der Waals surface area (Å²) >= 11 is 1.68. The first kappa shape index (κ1) is 20.1. The van der Waals surface area contributed by atoms with Crippen molar-refractivity contribution in [2.75, 3.05) is 5.32 Å². The van der Waals surface area contributed by atoms with E-state index in [0.717, 1.165) is 33.9 Å². The highest BCUT2D eigenvalue weighted by atomic mass is 32.1. The third-order valence-electron chi connectivity index (χ3n) is 4.87. The second kappa shape index (κ2) is 9.09. The average Bonchev–Trinajstić information content (AvgIpc) is 3.17. The van der Waals surface area contributed by atoms with E-state index >= 15 is 0 Å². The van der Waals surface area contributed by atoms with E-state index < -0.39 is 0 Å². The molecule has 1 heterocycles. The van der Waals surface area contributed by atoms with Crippen LogP contribution in [-0.2, 0) is 4.79 Å². The molecule has 1 N–H and O–H groups in total. The lowest BCUT2D eigenvalue weighted by molar-refractivity contribution is -0.117. The molecule has 0 aliphatic heterocycles. The van der Waals surface area contributed by atoms with Gasteiger partial charge in [-0.3, -0.25) is 4.79 Å². The molecule has 0 bridgehead atoms. The Morgan fingerprint density at radius 3 is 2.57 bits per heavy atom. The molecular weight excluding hydrogens is 392 g/mol. The predicted molar refractivity (Wildman–Crippen MR) is 124 cm³/mol. The molecule has 0 fully saturated rings. The van der Waals surface area contributed by atoms with Crippen molar-refractivity contribution in [3.63, 3.8) is 0 Å². The Kier molecular flexibility index (Phi) is 6.10. The minimum atomic E-state index is -0.155. The molecule has 0 aliphatic rings. The summed E-state index contributed by atoms with van der Waals surface area (Å²) in [5, 5.41) is 3.95. The number of nitrogens with zero attached hydrogens (tertiary/aromatic N) is 1. The van der Waals surface area contributed by atoms with Gasteiger partial charge in [0.25, 0.3) is 0 Å². The molecule has 0 aliphatic carbocycles. The monoisotopic (exact) mass is 416 g/mol. The largest absolute Gasteiger partial charge is 0.490 e. The normalized spacial score (nSPS) is 11.9. The zero-order chi connectivity index (χ0) is 20.9. The van der Waals surface area contributed by atoms with E-state index in [1.165, 1.54) is 10.3 Å². The number of carbonyl (C=O) groups excluding carboxylic acids is 1. The Morgan fingerprint density at radius 1 is 1.07 bits per heavy atom. The van der Waals surface area contributed by atoms with Gasteiger partial charge < -0.3 is 10.1 Å². The highest BCUT2D eigenvalue weighted by Gasteiger charge is 2.14. The van der Waals surface area contributed by atoms with E-state index in [2.05, 4.69) is 30.4 Å². The van der Waals surface area contributed by atoms with Gasteiger partial charge in [-0.15, -0.1) is 11.3 Å². The van der Waals surface area contributed by atoms with Gasteiger partial charge in [0.1, 0.15) is 16.9 Å². The van der Waals surface area contributed by atoms with Crippen LogP contribution in [0.4, 0.5) is 5.69 Å². The van der Waals surface area contributed by atoms with Crippen LogP contribution in [0.3, 0.4) is 0 Å². The van der Waals surface area contributed by atoms with Crippen molar-refractivity contribution in [3.8, 4) is 16.3 Å². The lowest BCUT2D eigenvalue weighted by atomic mass is 10.1. The molecule has 0 saturated heterocycles. The number of ether oxygens (including phenoxy) is 1. The molecule has 3 aromatic carbocycles. The first-order valence-corrected chi connectivity index (χ1v) is 10.9. The van der Waals surface area contributed by atoms with Crippen molar-refractivity contribution in [3.05, 3.63) is 78.4 Å². The van der Waals surface area contributed by atoms with Crippen LogP contribution in [0.5, 0.6) is 5.75 Å². The zero-order valence-corrected chi connectivity index (χ0v) is 17.9. The molecule has 0 radical (unpaired) electrons. The number of thiazole rings is 1. The summed E-state index contributed by atoms with van der Waals surface area (Å²) in [7, 11) is 0. The number of carbonyl (C=O) groups is 1. The number of para-hydroxylation sites is 1. The van der Waals surface area contributed by atoms with Crippen LogP contribution >= 0.6 is 11.3 Å². The first-order chi connectivity index (χ1) is 14.6. The Bertz CT molecular complexity index is 1140. The second-order valence-electron chi connectivity index (χ2n) is 7.28. The van der Waals surface area contributed by atoms with Crippen molar-refractivity contribution in [2.45, 2.75) is 32.8 Å². The molecule has 1 atom stereocenters. The lowest BCUT2D eigenvalue weighted by Gasteiger charge is -2.17. The van der Waals surface area contributed by atoms with Gasteiger partial charge in [0.15, 0.2) is 0 Å². The van der Waals surface area contributed by atoms with Gasteiger partial charge in [0.2, 0.25) is 5.91 Å². The minimum Gasteiger partial charge on any atom is -0.490 e. The number of aromatic nitrogens is 1. The second-order valence-corrected chi connectivity index (χ2v) is 8.31. The van der Waals surface area contributed by atoms with Crippen LogP contribution in [0.2, 0.25) is 0 Å². The minimum absolute atomic E-state index is 0.0546. The van der Waals surface area contributed by atoms with Crippen LogP contribution in [0, 0.1) is 6.92 Å². The molecule has 0 spiro atoms. The van der Waals surface area contributed by atoms with Crippen LogP contribution in [0.1, 0.15) is 25.3 Å². The summed E-state index contributed by atoms with van der Waals surface area (Å²) in [5.74, 6) is 0.730. The van der Waals surface area contributed by atoms with Gasteiger partial charge in [-0.1, -0.05) is 31.2 Å². The van der Waals surface area contributed by atoms with E-state index in [9.17, 15) is 4.79 Å². The Morgan fingerprint density at radius 2 is 1.83 bits per heavy atom. The number of fused-ring (bicyclic) bond motifs is 1. The fourth-order valence-corrected chi connectivity index (χ4v) is 4.30. The SMILES string of the molecule is CC[C@H](CC(=O)Nc1ccc(-c2nc3ccc(C)cc3s2)cc1)Oc1ccccc1. The summed E-state index contributed by atoms with van der Waals surface area (Å²) in [6, 6.07) is 23.7. The van der Waals surface area contributed by atoms with Crippen molar-refractivity contribution in [1.82, 2.24) is 4.98 Å². The summed E-state index contributed by atoms with van der Waals surface area (Å²) < 4.78 is 7.10. The summed E-state index contributed by atoms with van der Waals surface area (Å²) in [6.07, 6.45) is 0.917. The van der Waals surface area contributed by atoms with Crippen LogP contribution in [0.15, 0.2) is 72.8 Å². The third-order valence-corrected chi connectivity index (χ3v) is 5.94. The molecule has 0 unspecified atom stereocenters. The molecule has 5 heteroatoms. The standard InChI is InChI=1S/C25H24N2O2S/c1-3-20(29-21-7-5-4-6-8-21)16-24(28)26-19-12-10-18(11-13-19)25-27-22-14-9-17(2)15-23(22)30-25/h4-15,20H,3,16H2,1-2H3,(H,26,28)/t20-/m1/s1. The van der Waals surface area contributed by atoms with Crippen molar-refractivity contribution >= 4 is 33.1 Å². The van der Waals surface area contributed by atoms with E-state index in [-0.39, 0.29) is 12.0 Å². The van der Waals surface area contributed by atoms with Crippen molar-refractivity contribution in [1.29, 1.82) is 0 Å². The van der Waals surface area contributed by atoms with Crippen LogP contribution in [-0.4, -0.2) is 17.0 Å². The summed E-state index contributed by atoms with van der Waals surface area (Å²) in [5.41, 5.74) is 4.07. The number of anilines is 1. The van der Waals surface area contributed by atoms with Crippen LogP contribution < -0.4 is 10.1 Å². The van der Waals surface area contributed by atoms with Gasteiger partial charge in [-0.25, -0.2) is 4.98 Å². The Hall–Kier alpha value is -3.18. The Balaban J connectivity index is 1.39. The predicted octanol–water partition coefficient (Wildman–Crippen LogP) is 6.46. The molecule has 0 saturated carbocycles. The molecule has 4 aromatic rings. The quantitative estimate of drug-likeness (QED) is 0.376. The molecule has 1 amide bonds. The molecule has 4 rings (SSSR count). The number of rotatable bonds is 7. The topological polar surface area (TPSA) is 51.2 Å². The number of hydrogen-bond acceptors (Lipinski definition) is 4. The highest BCUT2D eigenvalue weighted by molar-refractivity contribution is 7.21. The first-order valence-electron chi connectivity index (χ1n) is 10.1. The molecular formula is C25H24N2O2S. The number of benzene rings is 3. The number of hydrogen-bond donors (Lipinski definition) is 1. The van der Waals surface area contributed by atoms with Crippen molar-refractivity contribution < 1.29 is 9.53 Å². The number of aryl methyl sites for hydroxylation is 1. The third kappa shape index (κ3) is 4.86. The summed E-state index contributed by atoms with van der Waals surface area (Å²) in [4.78, 5) is 17.2. The average molecular weight is 417 g/mol. The Labute approximate surface area is 180 Å². The number of nitrogens with one attached hydrogen (secondary N) is 1. The van der Waals surface area contributed by atoms with Gasteiger partial charge >= 0.3 is 0 Å². The van der Waals surface area contributed by atoms with Crippen LogP contribution in [0.25, 0.3) is 20.8 Å². The van der Waals surface area contributed by atoms with E-state index in [4.69, 9.17) is 9.72 Å². The number of amides is 1. The van der Waals surface area contributed by atoms with Gasteiger partial charge in [-0.2, -0.15) is 0 Å². The fraction of sp³-hybridized carbons (Fsp3) is 0.200. The van der Waals surface area contributed by atoms with E-state index in [1.54, 1.807) is 11.3 Å². The van der Waals surface area contributed by atoms with E-state index in [0.29, 0.717) is 6.42 Å². The van der Waals surface area contributed by atoms with Gasteiger partial charge in [-0.05, 0) is 67.4 Å². The van der Waals surface area contributed by atoms with Gasteiger partial charge in [0, 0.05) is 11.3 Å². The molecule has 4 nitrogen and oxygen atoms in total. The highest BCUT2D eigenvalue weighted by Crippen LogP contribution is 2.31. The lowest BCUT2D eigenvalue weighted by Crippen LogP contribution is -2.24. The molecule has 30 heavy (non-hydrogen) atoms.